The van der Waals surface area contributed by atoms with Gasteiger partial charge in [0.1, 0.15) is 11.4 Å². The molecule has 9 nitrogen and oxygen atoms in total. The molecule has 0 aliphatic carbocycles. The van der Waals surface area contributed by atoms with Crippen molar-refractivity contribution in [1.29, 1.82) is 0 Å². The third-order valence-corrected chi connectivity index (χ3v) is 7.61. The number of likely N-dealkylation sites (tertiary alicyclic amines) is 1. The van der Waals surface area contributed by atoms with E-state index in [0.717, 1.165) is 43.4 Å². The molecule has 0 saturated carbocycles. The van der Waals surface area contributed by atoms with E-state index in [2.05, 4.69) is 49.6 Å². The smallest absolute Gasteiger partial charge is 0.421 e. The molecule has 5 rings (SSSR count). The van der Waals surface area contributed by atoms with Crippen LogP contribution in [0.15, 0.2) is 24.4 Å². The van der Waals surface area contributed by atoms with Gasteiger partial charge in [0.05, 0.1) is 6.61 Å². The van der Waals surface area contributed by atoms with Crippen LogP contribution in [0.25, 0.3) is 0 Å². The first-order valence-electron chi connectivity index (χ1n) is 13.2. The summed E-state index contributed by atoms with van der Waals surface area (Å²) < 4.78 is 45.9. The van der Waals surface area contributed by atoms with Crippen LogP contribution in [0, 0.1) is 0 Å². The topological polar surface area (TPSA) is 85.9 Å². The predicted molar refractivity (Wildman–Crippen MR) is 139 cm³/mol. The number of nitrogens with zero attached hydrogens (tertiary/aromatic N) is 5. The Labute approximate surface area is 220 Å². The summed E-state index contributed by atoms with van der Waals surface area (Å²) in [5, 5.41) is 5.92. The Morgan fingerprint density at radius 2 is 2.05 bits per heavy atom. The maximum absolute atomic E-state index is 13.6. The Bertz CT molecular complexity index is 1160. The number of likely N-dealkylation sites (N-methyl/N-ethyl adjacent to an activating group) is 1. The quantitative estimate of drug-likeness (QED) is 0.461. The summed E-state index contributed by atoms with van der Waals surface area (Å²) in [6.45, 7) is 5.71. The van der Waals surface area contributed by atoms with E-state index in [1.165, 1.54) is 12.1 Å². The minimum Gasteiger partial charge on any atom is -0.449 e. The van der Waals surface area contributed by atoms with Crippen LogP contribution in [0.3, 0.4) is 0 Å². The molecule has 0 radical (unpaired) electrons. The van der Waals surface area contributed by atoms with Crippen molar-refractivity contribution in [2.24, 2.45) is 0 Å². The minimum absolute atomic E-state index is 0.0874. The molecule has 1 aromatic carbocycles. The minimum atomic E-state index is -4.60. The van der Waals surface area contributed by atoms with E-state index >= 15 is 0 Å². The van der Waals surface area contributed by atoms with E-state index in [-0.39, 0.29) is 24.4 Å². The largest absolute Gasteiger partial charge is 0.449 e. The molecule has 3 saturated heterocycles. The van der Waals surface area contributed by atoms with Gasteiger partial charge in [0, 0.05) is 62.4 Å². The fourth-order valence-electron chi connectivity index (χ4n) is 5.54. The standard InChI is InChI=1S/C26H34F3N7O2/c1-3-17-12-18(36-16-19-13-20(36)15-34(19)2)6-7-22(17)32-24-31-14-21(26(27,28)29)23(33-24)30-8-4-9-35-10-5-11-38-25(35)37/h6-7,12,14,19-20H,3-5,8-11,13,15-16H2,1-2H3,(H2,30,31,32,33)/t19-,20-/m1/s1. The average molecular weight is 534 g/mol. The monoisotopic (exact) mass is 533 g/mol. The number of anilines is 4. The number of rotatable bonds is 9. The Kier molecular flexibility index (Phi) is 7.51. The lowest BCUT2D eigenvalue weighted by Crippen LogP contribution is -2.44. The summed E-state index contributed by atoms with van der Waals surface area (Å²) >= 11 is 0. The number of alkyl halides is 3. The summed E-state index contributed by atoms with van der Waals surface area (Å²) in [5.74, 6) is -0.201. The highest BCUT2D eigenvalue weighted by molar-refractivity contribution is 5.68. The number of nitrogens with one attached hydrogen (secondary N) is 2. The molecule has 3 fully saturated rings. The molecule has 2 bridgehead atoms. The van der Waals surface area contributed by atoms with Gasteiger partial charge in [0.25, 0.3) is 0 Å². The first-order valence-corrected chi connectivity index (χ1v) is 13.2. The molecule has 2 N–H and O–H groups in total. The van der Waals surface area contributed by atoms with Crippen molar-refractivity contribution in [2.75, 3.05) is 61.9 Å². The summed E-state index contributed by atoms with van der Waals surface area (Å²) in [5.41, 5.74) is 2.05. The molecule has 3 aliphatic rings. The maximum atomic E-state index is 13.6. The molecule has 3 aliphatic heterocycles. The fraction of sp³-hybridized carbons (Fsp3) is 0.577. The van der Waals surface area contributed by atoms with Crippen molar-refractivity contribution in [2.45, 2.75) is 50.9 Å². The van der Waals surface area contributed by atoms with Gasteiger partial charge >= 0.3 is 12.3 Å². The van der Waals surface area contributed by atoms with Crippen LogP contribution in [0.5, 0.6) is 0 Å². The van der Waals surface area contributed by atoms with Crippen LogP contribution in [0.2, 0.25) is 0 Å². The first-order chi connectivity index (χ1) is 18.2. The summed E-state index contributed by atoms with van der Waals surface area (Å²) in [4.78, 5) is 26.3. The van der Waals surface area contributed by atoms with Gasteiger partial charge in [0.2, 0.25) is 5.95 Å². The van der Waals surface area contributed by atoms with Gasteiger partial charge in [-0.1, -0.05) is 6.92 Å². The molecule has 4 heterocycles. The van der Waals surface area contributed by atoms with E-state index in [1.54, 1.807) is 4.90 Å². The van der Waals surface area contributed by atoms with Gasteiger partial charge in [-0.15, -0.1) is 0 Å². The molecule has 1 amide bonds. The third kappa shape index (κ3) is 5.59. The third-order valence-electron chi connectivity index (χ3n) is 7.61. The second kappa shape index (κ2) is 10.8. The van der Waals surface area contributed by atoms with Gasteiger partial charge in [-0.2, -0.15) is 18.2 Å². The molecule has 206 valence electrons. The summed E-state index contributed by atoms with van der Waals surface area (Å²) in [7, 11) is 2.17. The van der Waals surface area contributed by atoms with Crippen molar-refractivity contribution in [1.82, 2.24) is 19.8 Å². The van der Waals surface area contributed by atoms with Crippen molar-refractivity contribution in [3.8, 4) is 0 Å². The predicted octanol–water partition coefficient (Wildman–Crippen LogP) is 4.34. The SMILES string of the molecule is CCc1cc(N2C[C@H]3C[C@@H]2CN3C)ccc1Nc1ncc(C(F)(F)F)c(NCCCN2CCCOC2=O)n1. The highest BCUT2D eigenvalue weighted by Gasteiger charge is 2.41. The van der Waals surface area contributed by atoms with Gasteiger partial charge < -0.3 is 25.2 Å². The second-order valence-corrected chi connectivity index (χ2v) is 10.1. The zero-order valence-corrected chi connectivity index (χ0v) is 21.7. The summed E-state index contributed by atoms with van der Waals surface area (Å²) in [6, 6.07) is 7.26. The van der Waals surface area contributed by atoms with E-state index < -0.39 is 11.7 Å². The molecule has 2 atom stereocenters. The molecular formula is C26H34F3N7O2. The number of fused-ring (bicyclic) bond motifs is 2. The highest BCUT2D eigenvalue weighted by atomic mass is 19.4. The van der Waals surface area contributed by atoms with E-state index in [1.807, 2.05) is 13.0 Å². The normalized spacial score (nSPS) is 21.7. The number of benzene rings is 1. The van der Waals surface area contributed by atoms with E-state index in [4.69, 9.17) is 4.74 Å². The van der Waals surface area contributed by atoms with Crippen LogP contribution in [0.4, 0.5) is 41.1 Å². The zero-order valence-electron chi connectivity index (χ0n) is 21.7. The number of hydrogen-bond donors (Lipinski definition) is 2. The molecule has 12 heteroatoms. The zero-order chi connectivity index (χ0) is 26.9. The van der Waals surface area contributed by atoms with Crippen molar-refractivity contribution in [3.63, 3.8) is 0 Å². The lowest BCUT2D eigenvalue weighted by molar-refractivity contribution is -0.137. The van der Waals surface area contributed by atoms with Gasteiger partial charge in [-0.3, -0.25) is 4.90 Å². The Morgan fingerprint density at radius 3 is 2.74 bits per heavy atom. The molecule has 38 heavy (non-hydrogen) atoms. The molecule has 0 spiro atoms. The average Bonchev–Trinajstić information content (AvgIpc) is 3.47. The number of halogens is 3. The number of aryl methyl sites for hydroxylation is 1. The number of carbonyl (C=O) groups is 1. The first kappa shape index (κ1) is 26.3. The van der Waals surface area contributed by atoms with Gasteiger partial charge in [-0.25, -0.2) is 9.78 Å². The van der Waals surface area contributed by atoms with Gasteiger partial charge in [-0.05, 0) is 56.5 Å². The number of carbonyl (C=O) groups excluding carboxylic acids is 1. The van der Waals surface area contributed by atoms with Crippen LogP contribution in [-0.4, -0.2) is 84.3 Å². The molecule has 0 unspecified atom stereocenters. The Hall–Kier alpha value is -3.28. The highest BCUT2D eigenvalue weighted by Crippen LogP contribution is 2.37. The van der Waals surface area contributed by atoms with Crippen molar-refractivity contribution < 1.29 is 22.7 Å². The van der Waals surface area contributed by atoms with E-state index in [9.17, 15) is 18.0 Å². The Morgan fingerprint density at radius 1 is 1.21 bits per heavy atom. The van der Waals surface area contributed by atoms with Gasteiger partial charge in [0.15, 0.2) is 0 Å². The second-order valence-electron chi connectivity index (χ2n) is 10.1. The number of cyclic esters (lactones) is 1. The lowest BCUT2D eigenvalue weighted by atomic mass is 10.1. The number of ether oxygens (including phenoxy) is 1. The Balaban J connectivity index is 1.27. The van der Waals surface area contributed by atoms with E-state index in [0.29, 0.717) is 38.2 Å². The number of aromatic nitrogens is 2. The van der Waals surface area contributed by atoms with Crippen LogP contribution < -0.4 is 15.5 Å². The maximum Gasteiger partial charge on any atom is 0.421 e. The van der Waals surface area contributed by atoms with Crippen LogP contribution >= 0.6 is 0 Å². The van der Waals surface area contributed by atoms with Crippen molar-refractivity contribution in [3.05, 3.63) is 35.5 Å². The molecule has 1 aromatic heterocycles. The fourth-order valence-corrected chi connectivity index (χ4v) is 5.54. The number of hydrogen-bond acceptors (Lipinski definition) is 8. The molecular weight excluding hydrogens is 499 g/mol. The molecule has 2 aromatic rings. The van der Waals surface area contributed by atoms with Crippen LogP contribution in [0.1, 0.15) is 37.3 Å². The van der Waals surface area contributed by atoms with Crippen molar-refractivity contribution >= 4 is 29.2 Å². The van der Waals surface area contributed by atoms with Crippen LogP contribution in [-0.2, 0) is 17.3 Å². The summed E-state index contributed by atoms with van der Waals surface area (Å²) in [6.07, 6.45) is -1.06. The number of piperazine rings is 1. The lowest BCUT2D eigenvalue weighted by Gasteiger charge is -2.34. The number of amides is 1.